The van der Waals surface area contributed by atoms with Crippen molar-refractivity contribution in [3.63, 3.8) is 0 Å². The van der Waals surface area contributed by atoms with Gasteiger partial charge in [0.05, 0.1) is 5.56 Å². The molecule has 0 amide bonds. The van der Waals surface area contributed by atoms with Crippen LogP contribution in [0.15, 0.2) is 22.7 Å². The lowest BCUT2D eigenvalue weighted by Crippen LogP contribution is -2.08. The predicted molar refractivity (Wildman–Crippen MR) is 53.2 cm³/mol. The summed E-state index contributed by atoms with van der Waals surface area (Å²) in [5, 5.41) is 0. The topological polar surface area (TPSA) is 53.5 Å². The lowest BCUT2D eigenvalue weighted by atomic mass is 10.1. The number of carbonyl (C=O) groups excluding carboxylic acids is 1. The summed E-state index contributed by atoms with van der Waals surface area (Å²) >= 11 is 2.72. The zero-order valence-corrected chi connectivity index (χ0v) is 9.21. The maximum absolute atomic E-state index is 12.3. The Morgan fingerprint density at radius 3 is 2.50 bits per heavy atom. The molecule has 1 aromatic rings. The maximum Gasteiger partial charge on any atom is 0.417 e. The molecule has 0 fully saturated rings. The predicted octanol–water partition coefficient (Wildman–Crippen LogP) is 2.95. The highest BCUT2D eigenvalue weighted by atomic mass is 79.9. The van der Waals surface area contributed by atoms with Crippen molar-refractivity contribution in [2.45, 2.75) is 6.18 Å². The molecule has 0 unspecified atom stereocenters. The van der Waals surface area contributed by atoms with E-state index in [1.165, 1.54) is 0 Å². The highest BCUT2D eigenvalue weighted by Crippen LogP contribution is 2.35. The Kier molecular flexibility index (Phi) is 3.62. The van der Waals surface area contributed by atoms with Crippen LogP contribution < -0.4 is 0 Å². The second-order valence-corrected chi connectivity index (χ2v) is 3.66. The van der Waals surface area contributed by atoms with Gasteiger partial charge in [0.25, 0.3) is 5.78 Å². The van der Waals surface area contributed by atoms with Crippen LogP contribution in [0.4, 0.5) is 13.2 Å². The van der Waals surface area contributed by atoms with Crippen molar-refractivity contribution >= 4 is 27.9 Å². The van der Waals surface area contributed by atoms with E-state index in [1.807, 2.05) is 0 Å². The third kappa shape index (κ3) is 2.77. The van der Waals surface area contributed by atoms with Gasteiger partial charge in [-0.3, -0.25) is 4.79 Å². The molecule has 0 heterocycles. The van der Waals surface area contributed by atoms with Crippen LogP contribution in [0.25, 0.3) is 5.53 Å². The van der Waals surface area contributed by atoms with Gasteiger partial charge in [0.2, 0.25) is 0 Å². The third-order valence-corrected chi connectivity index (χ3v) is 2.39. The Bertz CT molecular complexity index is 478. The van der Waals surface area contributed by atoms with Gasteiger partial charge in [0, 0.05) is 10.0 Å². The molecule has 16 heavy (non-hydrogen) atoms. The lowest BCUT2D eigenvalue weighted by molar-refractivity contribution is -0.138. The molecule has 1 aromatic carbocycles. The summed E-state index contributed by atoms with van der Waals surface area (Å²) in [4.78, 5) is 13.6. The van der Waals surface area contributed by atoms with Crippen molar-refractivity contribution in [3.05, 3.63) is 39.3 Å². The van der Waals surface area contributed by atoms with Crippen molar-refractivity contribution in [1.82, 2.24) is 0 Å². The third-order valence-electron chi connectivity index (χ3n) is 1.73. The molecule has 0 saturated heterocycles. The minimum Gasteiger partial charge on any atom is -0.361 e. The monoisotopic (exact) mass is 292 g/mol. The molecule has 1 rings (SSSR count). The molecule has 7 heteroatoms. The van der Waals surface area contributed by atoms with E-state index in [2.05, 4.69) is 20.7 Å². The largest absolute Gasteiger partial charge is 0.417 e. The quantitative estimate of drug-likeness (QED) is 0.358. The second-order valence-electron chi connectivity index (χ2n) is 2.80. The van der Waals surface area contributed by atoms with Gasteiger partial charge in [0.1, 0.15) is 0 Å². The van der Waals surface area contributed by atoms with Crippen molar-refractivity contribution in [2.24, 2.45) is 0 Å². The van der Waals surface area contributed by atoms with Crippen LogP contribution in [-0.2, 0) is 6.18 Å². The molecule has 0 N–H and O–H groups in total. The first kappa shape index (κ1) is 12.6. The SMILES string of the molecule is [N-]=[N+]=CC(=O)c1ccc(C(F)(F)F)c(Br)c1. The fourth-order valence-electron chi connectivity index (χ4n) is 1.03. The Morgan fingerprint density at radius 2 is 2.06 bits per heavy atom. The first-order chi connectivity index (χ1) is 7.36. The number of halogens is 4. The van der Waals surface area contributed by atoms with Crippen molar-refractivity contribution in [2.75, 3.05) is 0 Å². The number of Topliss-reactive ketones (excluding diaryl/α,β-unsaturated/α-hetero) is 1. The summed E-state index contributed by atoms with van der Waals surface area (Å²) in [6.45, 7) is 0. The Morgan fingerprint density at radius 1 is 1.44 bits per heavy atom. The van der Waals surface area contributed by atoms with Gasteiger partial charge >= 0.3 is 12.4 Å². The molecule has 0 aliphatic carbocycles. The minimum atomic E-state index is -4.48. The van der Waals surface area contributed by atoms with E-state index in [0.29, 0.717) is 6.21 Å². The number of nitrogens with zero attached hydrogens (tertiary/aromatic N) is 2. The summed E-state index contributed by atoms with van der Waals surface area (Å²) in [6.07, 6.45) is -3.87. The Hall–Kier alpha value is -1.46. The highest BCUT2D eigenvalue weighted by molar-refractivity contribution is 9.10. The van der Waals surface area contributed by atoms with Gasteiger partial charge in [-0.15, -0.1) is 0 Å². The van der Waals surface area contributed by atoms with E-state index < -0.39 is 17.5 Å². The van der Waals surface area contributed by atoms with E-state index in [1.54, 1.807) is 0 Å². The average Bonchev–Trinajstić information content (AvgIpc) is 2.16. The molecule has 0 radical (unpaired) electrons. The van der Waals surface area contributed by atoms with E-state index >= 15 is 0 Å². The van der Waals surface area contributed by atoms with E-state index in [0.717, 1.165) is 18.2 Å². The zero-order chi connectivity index (χ0) is 12.3. The van der Waals surface area contributed by atoms with Crippen molar-refractivity contribution < 1.29 is 22.8 Å². The summed E-state index contributed by atoms with van der Waals surface area (Å²) < 4.78 is 36.8. The van der Waals surface area contributed by atoms with Crippen molar-refractivity contribution in [3.8, 4) is 0 Å². The summed E-state index contributed by atoms with van der Waals surface area (Å²) in [5.74, 6) is -0.683. The van der Waals surface area contributed by atoms with Crippen LogP contribution >= 0.6 is 15.9 Å². The molecule has 0 spiro atoms. The van der Waals surface area contributed by atoms with Gasteiger partial charge < -0.3 is 5.53 Å². The molecule has 0 aliphatic rings. The summed E-state index contributed by atoms with van der Waals surface area (Å²) in [6, 6.07) is 2.81. The molecule has 0 aliphatic heterocycles. The normalized spacial score (nSPS) is 10.8. The van der Waals surface area contributed by atoms with Gasteiger partial charge in [-0.05, 0) is 12.1 Å². The maximum atomic E-state index is 12.3. The number of rotatable bonds is 2. The summed E-state index contributed by atoms with van der Waals surface area (Å²) in [7, 11) is 0. The van der Waals surface area contributed by atoms with Gasteiger partial charge in [-0.25, -0.2) is 0 Å². The molecule has 3 nitrogen and oxygen atoms in total. The average molecular weight is 293 g/mol. The minimum absolute atomic E-state index is 0.00215. The lowest BCUT2D eigenvalue weighted by Gasteiger charge is -2.08. The fourth-order valence-corrected chi connectivity index (χ4v) is 1.63. The zero-order valence-electron chi connectivity index (χ0n) is 7.62. The molecular weight excluding hydrogens is 289 g/mol. The van der Waals surface area contributed by atoms with E-state index in [-0.39, 0.29) is 10.0 Å². The standard InChI is InChI=1S/C9H4BrF3N2O/c10-7-3-5(8(16)4-15-14)1-2-6(7)9(11,12)13/h1-4H. The van der Waals surface area contributed by atoms with Crippen LogP contribution in [0.2, 0.25) is 0 Å². The molecule has 84 valence electrons. The number of ketones is 1. The van der Waals surface area contributed by atoms with Crippen LogP contribution in [-0.4, -0.2) is 16.8 Å². The molecule has 0 atom stereocenters. The van der Waals surface area contributed by atoms with Gasteiger partial charge in [0.15, 0.2) is 0 Å². The molecule has 0 saturated carbocycles. The fraction of sp³-hybridized carbons (Fsp3) is 0.111. The van der Waals surface area contributed by atoms with Crippen LogP contribution in [0, 0.1) is 0 Å². The number of hydrogen-bond donors (Lipinski definition) is 0. The number of benzene rings is 1. The first-order valence-corrected chi connectivity index (χ1v) is 4.74. The molecule has 0 bridgehead atoms. The number of alkyl halides is 3. The Balaban J connectivity index is 3.19. The van der Waals surface area contributed by atoms with Crippen LogP contribution in [0.3, 0.4) is 0 Å². The number of carbonyl (C=O) groups is 1. The smallest absolute Gasteiger partial charge is 0.361 e. The molecular formula is C9H4BrF3N2O. The Labute approximate surface area is 96.6 Å². The van der Waals surface area contributed by atoms with E-state index in [4.69, 9.17) is 5.53 Å². The van der Waals surface area contributed by atoms with Gasteiger partial charge in [-0.1, -0.05) is 22.0 Å². The molecule has 0 aromatic heterocycles. The highest BCUT2D eigenvalue weighted by Gasteiger charge is 2.33. The van der Waals surface area contributed by atoms with Crippen LogP contribution in [0.5, 0.6) is 0 Å². The first-order valence-electron chi connectivity index (χ1n) is 3.94. The number of hydrogen-bond acceptors (Lipinski definition) is 1. The van der Waals surface area contributed by atoms with E-state index in [9.17, 15) is 18.0 Å². The van der Waals surface area contributed by atoms with Crippen LogP contribution in [0.1, 0.15) is 15.9 Å². The second kappa shape index (κ2) is 4.59. The summed E-state index contributed by atoms with van der Waals surface area (Å²) in [5.41, 5.74) is 7.24. The van der Waals surface area contributed by atoms with Crippen molar-refractivity contribution in [1.29, 1.82) is 0 Å². The van der Waals surface area contributed by atoms with Gasteiger partial charge in [-0.2, -0.15) is 18.0 Å².